The molecule has 4 heteroatoms. The molecule has 13 heavy (non-hydrogen) atoms. The number of nitrogens with one attached hydrogen (secondary N) is 1. The number of hydrogen-bond acceptors (Lipinski definition) is 4. The van der Waals surface area contributed by atoms with E-state index in [1.54, 1.807) is 7.11 Å². The van der Waals surface area contributed by atoms with Crippen LogP contribution in [0.1, 0.15) is 20.3 Å². The molecule has 0 rings (SSSR count). The molecular formula is C9H22N2OS. The third kappa shape index (κ3) is 6.32. The van der Waals surface area contributed by atoms with Crippen LogP contribution >= 0.6 is 11.8 Å². The lowest BCUT2D eigenvalue weighted by Crippen LogP contribution is -2.42. The Balaban J connectivity index is 3.63. The molecule has 0 amide bonds. The Morgan fingerprint density at radius 3 is 2.69 bits per heavy atom. The highest BCUT2D eigenvalue weighted by Gasteiger charge is 2.14. The van der Waals surface area contributed by atoms with Gasteiger partial charge in [0.15, 0.2) is 0 Å². The van der Waals surface area contributed by atoms with Gasteiger partial charge in [-0.15, -0.1) is 0 Å². The van der Waals surface area contributed by atoms with Gasteiger partial charge in [0, 0.05) is 25.5 Å². The van der Waals surface area contributed by atoms with E-state index >= 15 is 0 Å². The van der Waals surface area contributed by atoms with Crippen LogP contribution in [0.25, 0.3) is 0 Å². The number of thioether (sulfide) groups is 1. The first kappa shape index (κ1) is 13.2. The molecule has 0 aliphatic heterocycles. The normalized spacial score (nSPS) is 15.7. The van der Waals surface area contributed by atoms with Crippen LogP contribution in [0.4, 0.5) is 0 Å². The minimum atomic E-state index is 0.403. The molecule has 0 heterocycles. The van der Waals surface area contributed by atoms with Crippen LogP contribution in [0.2, 0.25) is 0 Å². The first-order chi connectivity index (χ1) is 6.26. The third-order valence-corrected chi connectivity index (χ3v) is 3.18. The molecule has 0 saturated heterocycles. The molecule has 3 N–H and O–H groups in total. The lowest BCUT2D eigenvalue weighted by molar-refractivity contribution is 0.172. The van der Waals surface area contributed by atoms with Gasteiger partial charge in [-0.25, -0.2) is 0 Å². The Kier molecular flexibility index (Phi) is 8.97. The summed E-state index contributed by atoms with van der Waals surface area (Å²) < 4.78 is 5.04. The molecule has 2 atom stereocenters. The molecule has 80 valence electrons. The van der Waals surface area contributed by atoms with Crippen LogP contribution in [0.3, 0.4) is 0 Å². The van der Waals surface area contributed by atoms with E-state index in [1.807, 2.05) is 11.8 Å². The quantitative estimate of drug-likeness (QED) is 0.463. The maximum Gasteiger partial charge on any atom is 0.0465 e. The van der Waals surface area contributed by atoms with Crippen molar-refractivity contribution >= 4 is 11.8 Å². The first-order valence-corrected chi connectivity index (χ1v) is 5.94. The molecule has 0 spiro atoms. The smallest absolute Gasteiger partial charge is 0.0465 e. The average molecular weight is 206 g/mol. The minimum absolute atomic E-state index is 0.403. The fourth-order valence-corrected chi connectivity index (χ4v) is 2.04. The van der Waals surface area contributed by atoms with Crippen molar-refractivity contribution in [2.75, 3.05) is 25.2 Å². The van der Waals surface area contributed by atoms with Gasteiger partial charge in [0.2, 0.25) is 0 Å². The van der Waals surface area contributed by atoms with E-state index in [1.165, 1.54) is 0 Å². The maximum atomic E-state index is 5.48. The first-order valence-electron chi connectivity index (χ1n) is 4.79. The monoisotopic (exact) mass is 206 g/mol. The average Bonchev–Trinajstić information content (AvgIpc) is 2.16. The van der Waals surface area contributed by atoms with Gasteiger partial charge in [-0.1, -0.05) is 13.8 Å². The standard InChI is InChI=1S/C9H22N2OS/c1-4-13-7-9(11-10)8(2)5-6-12-3/h8-9,11H,4-7,10H2,1-3H3. The van der Waals surface area contributed by atoms with E-state index < -0.39 is 0 Å². The van der Waals surface area contributed by atoms with Crippen molar-refractivity contribution in [2.24, 2.45) is 11.8 Å². The number of rotatable bonds is 8. The molecule has 0 aromatic carbocycles. The Labute approximate surface area is 85.8 Å². The maximum absolute atomic E-state index is 5.48. The molecule has 0 aliphatic rings. The Hall–Kier alpha value is 0.230. The number of methoxy groups -OCH3 is 1. The van der Waals surface area contributed by atoms with Gasteiger partial charge in [-0.05, 0) is 18.1 Å². The second kappa shape index (κ2) is 8.81. The van der Waals surface area contributed by atoms with Gasteiger partial charge in [0.25, 0.3) is 0 Å². The predicted molar refractivity (Wildman–Crippen MR) is 59.8 cm³/mol. The van der Waals surface area contributed by atoms with Crippen molar-refractivity contribution in [3.63, 3.8) is 0 Å². The zero-order chi connectivity index (χ0) is 10.1. The molecule has 0 aromatic heterocycles. The predicted octanol–water partition coefficient (Wildman–Crippen LogP) is 1.24. The summed E-state index contributed by atoms with van der Waals surface area (Å²) in [7, 11) is 1.73. The van der Waals surface area contributed by atoms with E-state index in [0.717, 1.165) is 24.5 Å². The Morgan fingerprint density at radius 1 is 1.54 bits per heavy atom. The lowest BCUT2D eigenvalue weighted by atomic mass is 10.0. The zero-order valence-corrected chi connectivity index (χ0v) is 9.69. The number of hydrogen-bond donors (Lipinski definition) is 2. The summed E-state index contributed by atoms with van der Waals surface area (Å²) in [4.78, 5) is 0. The molecule has 2 unspecified atom stereocenters. The van der Waals surface area contributed by atoms with E-state index in [0.29, 0.717) is 12.0 Å². The highest BCUT2D eigenvalue weighted by Crippen LogP contribution is 2.12. The van der Waals surface area contributed by atoms with E-state index in [4.69, 9.17) is 10.6 Å². The molecular weight excluding hydrogens is 184 g/mol. The van der Waals surface area contributed by atoms with Crippen LogP contribution in [0.5, 0.6) is 0 Å². The van der Waals surface area contributed by atoms with Crippen molar-refractivity contribution in [3.8, 4) is 0 Å². The van der Waals surface area contributed by atoms with E-state index in [2.05, 4.69) is 19.3 Å². The summed E-state index contributed by atoms with van der Waals surface area (Å²) in [6.07, 6.45) is 1.07. The topological polar surface area (TPSA) is 47.3 Å². The van der Waals surface area contributed by atoms with Crippen molar-refractivity contribution in [1.82, 2.24) is 5.43 Å². The summed E-state index contributed by atoms with van der Waals surface area (Å²) in [5, 5.41) is 0. The van der Waals surface area contributed by atoms with Crippen LogP contribution in [0, 0.1) is 5.92 Å². The molecule has 0 radical (unpaired) electrons. The summed E-state index contributed by atoms with van der Waals surface area (Å²) in [6.45, 7) is 5.19. The summed E-state index contributed by atoms with van der Waals surface area (Å²) >= 11 is 1.92. The Morgan fingerprint density at radius 2 is 2.23 bits per heavy atom. The number of ether oxygens (including phenoxy) is 1. The summed E-state index contributed by atoms with van der Waals surface area (Å²) in [6, 6.07) is 0.403. The highest BCUT2D eigenvalue weighted by molar-refractivity contribution is 7.99. The summed E-state index contributed by atoms with van der Waals surface area (Å²) in [5.41, 5.74) is 2.87. The third-order valence-electron chi connectivity index (χ3n) is 2.18. The molecule has 3 nitrogen and oxygen atoms in total. The van der Waals surface area contributed by atoms with Gasteiger partial charge in [-0.3, -0.25) is 11.3 Å². The second-order valence-electron chi connectivity index (χ2n) is 3.19. The van der Waals surface area contributed by atoms with Gasteiger partial charge >= 0.3 is 0 Å². The van der Waals surface area contributed by atoms with Gasteiger partial charge < -0.3 is 4.74 Å². The van der Waals surface area contributed by atoms with Crippen LogP contribution in [0.15, 0.2) is 0 Å². The molecule has 0 fully saturated rings. The van der Waals surface area contributed by atoms with Gasteiger partial charge in [-0.2, -0.15) is 11.8 Å². The summed E-state index contributed by atoms with van der Waals surface area (Å²) in [5.74, 6) is 8.28. The van der Waals surface area contributed by atoms with Gasteiger partial charge in [0.1, 0.15) is 0 Å². The fourth-order valence-electron chi connectivity index (χ4n) is 1.13. The van der Waals surface area contributed by atoms with E-state index in [-0.39, 0.29) is 0 Å². The lowest BCUT2D eigenvalue weighted by Gasteiger charge is -2.22. The fraction of sp³-hybridized carbons (Fsp3) is 1.00. The van der Waals surface area contributed by atoms with Crippen LogP contribution in [-0.4, -0.2) is 31.3 Å². The van der Waals surface area contributed by atoms with Gasteiger partial charge in [0.05, 0.1) is 0 Å². The SMILES string of the molecule is CCSCC(NN)C(C)CCOC. The Bertz CT molecular complexity index is 114. The van der Waals surface area contributed by atoms with Crippen molar-refractivity contribution < 1.29 is 4.74 Å². The van der Waals surface area contributed by atoms with Crippen molar-refractivity contribution in [2.45, 2.75) is 26.3 Å². The van der Waals surface area contributed by atoms with Crippen molar-refractivity contribution in [1.29, 1.82) is 0 Å². The van der Waals surface area contributed by atoms with E-state index in [9.17, 15) is 0 Å². The molecule has 0 bridgehead atoms. The largest absolute Gasteiger partial charge is 0.385 e. The van der Waals surface area contributed by atoms with Crippen LogP contribution in [-0.2, 0) is 4.74 Å². The highest BCUT2D eigenvalue weighted by atomic mass is 32.2. The molecule has 0 aliphatic carbocycles. The minimum Gasteiger partial charge on any atom is -0.385 e. The van der Waals surface area contributed by atoms with Crippen LogP contribution < -0.4 is 11.3 Å². The molecule has 0 saturated carbocycles. The second-order valence-corrected chi connectivity index (χ2v) is 4.51. The number of nitrogens with two attached hydrogens (primary N) is 1. The number of hydrazine groups is 1. The molecule has 0 aromatic rings. The van der Waals surface area contributed by atoms with Crippen molar-refractivity contribution in [3.05, 3.63) is 0 Å². The zero-order valence-electron chi connectivity index (χ0n) is 8.88.